The minimum atomic E-state index is -0.175. The molecule has 0 aliphatic heterocycles. The van der Waals surface area contributed by atoms with Crippen molar-refractivity contribution in [3.05, 3.63) is 42.2 Å². The third-order valence-electron chi connectivity index (χ3n) is 4.00. The molecule has 0 aliphatic rings. The van der Waals surface area contributed by atoms with E-state index in [4.69, 9.17) is 9.47 Å². The number of hydrogen-bond donors (Lipinski definition) is 1. The van der Waals surface area contributed by atoms with Crippen LogP contribution in [0.1, 0.15) is 24.2 Å². The maximum Gasteiger partial charge on any atom is 0.256 e. The lowest BCUT2D eigenvalue weighted by molar-refractivity contribution is 0.0950. The van der Waals surface area contributed by atoms with Gasteiger partial charge in [-0.3, -0.25) is 4.79 Å². The van der Waals surface area contributed by atoms with Crippen molar-refractivity contribution in [3.8, 4) is 22.8 Å². The number of methoxy groups -OCH3 is 2. The smallest absolute Gasteiger partial charge is 0.256 e. The predicted molar refractivity (Wildman–Crippen MR) is 98.7 cm³/mol. The lowest BCUT2D eigenvalue weighted by Crippen LogP contribution is -2.27. The second kappa shape index (κ2) is 7.43. The largest absolute Gasteiger partial charge is 0.493 e. The topological polar surface area (TPSA) is 77.8 Å². The Kier molecular flexibility index (Phi) is 5.06. The number of nitrogens with zero attached hydrogens (tertiary/aromatic N) is 3. The molecule has 0 spiro atoms. The number of rotatable bonds is 6. The summed E-state index contributed by atoms with van der Waals surface area (Å²) in [6.07, 6.45) is 3.21. The predicted octanol–water partition coefficient (Wildman–Crippen LogP) is 2.80. The van der Waals surface area contributed by atoms with E-state index in [-0.39, 0.29) is 5.91 Å². The lowest BCUT2D eigenvalue weighted by atomic mass is 10.1. The van der Waals surface area contributed by atoms with E-state index in [9.17, 15) is 4.79 Å². The number of fused-ring (bicyclic) bond motifs is 1. The Balaban J connectivity index is 2.02. The van der Waals surface area contributed by atoms with Gasteiger partial charge in [0.15, 0.2) is 17.1 Å². The van der Waals surface area contributed by atoms with E-state index in [2.05, 4.69) is 15.4 Å². The molecule has 0 saturated carbocycles. The van der Waals surface area contributed by atoms with Crippen LogP contribution in [0.2, 0.25) is 0 Å². The third-order valence-corrected chi connectivity index (χ3v) is 4.00. The Morgan fingerprint density at radius 3 is 2.65 bits per heavy atom. The average Bonchev–Trinajstić information content (AvgIpc) is 3.09. The first kappa shape index (κ1) is 17.7. The zero-order valence-corrected chi connectivity index (χ0v) is 15.3. The molecular weight excluding hydrogens is 332 g/mol. The Labute approximate surface area is 152 Å². The third kappa shape index (κ3) is 3.33. The second-order valence-electron chi connectivity index (χ2n) is 6.30. The van der Waals surface area contributed by atoms with Crippen molar-refractivity contribution in [2.75, 3.05) is 20.8 Å². The summed E-state index contributed by atoms with van der Waals surface area (Å²) in [7, 11) is 3.19. The van der Waals surface area contributed by atoms with Gasteiger partial charge in [0.1, 0.15) is 5.56 Å². The lowest BCUT2D eigenvalue weighted by Gasteiger charge is -2.10. The molecule has 1 N–H and O–H groups in total. The maximum atomic E-state index is 12.4. The maximum absolute atomic E-state index is 12.4. The van der Waals surface area contributed by atoms with Gasteiger partial charge >= 0.3 is 0 Å². The molecule has 1 amide bonds. The van der Waals surface area contributed by atoms with E-state index in [1.807, 2.05) is 38.1 Å². The summed E-state index contributed by atoms with van der Waals surface area (Å²) in [6, 6.07) is 7.46. The first-order valence-electron chi connectivity index (χ1n) is 8.38. The van der Waals surface area contributed by atoms with Crippen molar-refractivity contribution in [3.63, 3.8) is 0 Å². The van der Waals surface area contributed by atoms with Crippen LogP contribution in [0.3, 0.4) is 0 Å². The number of carbonyl (C=O) groups excluding carboxylic acids is 1. The second-order valence-corrected chi connectivity index (χ2v) is 6.30. The van der Waals surface area contributed by atoms with Gasteiger partial charge in [0.05, 0.1) is 26.1 Å². The molecule has 0 saturated heterocycles. The Morgan fingerprint density at radius 2 is 1.96 bits per heavy atom. The van der Waals surface area contributed by atoms with Gasteiger partial charge in [0.2, 0.25) is 0 Å². The van der Waals surface area contributed by atoms with Crippen molar-refractivity contribution >= 4 is 11.6 Å². The highest BCUT2D eigenvalue weighted by molar-refractivity contribution is 5.99. The molecule has 0 bridgehead atoms. The van der Waals surface area contributed by atoms with Gasteiger partial charge < -0.3 is 14.8 Å². The standard InChI is InChI=1S/C19H22N4O3/c1-12(2)10-21-19(24)14-11-22-23-15(7-8-20-18(14)23)13-5-6-16(25-3)17(9-13)26-4/h5-9,11-12H,10H2,1-4H3,(H,21,24). The summed E-state index contributed by atoms with van der Waals surface area (Å²) in [5, 5.41) is 7.26. The summed E-state index contributed by atoms with van der Waals surface area (Å²) in [5.41, 5.74) is 2.65. The summed E-state index contributed by atoms with van der Waals surface area (Å²) in [4.78, 5) is 16.8. The van der Waals surface area contributed by atoms with Gasteiger partial charge in [-0.1, -0.05) is 13.8 Å². The molecule has 0 radical (unpaired) electrons. The molecule has 3 rings (SSSR count). The molecule has 136 valence electrons. The van der Waals surface area contributed by atoms with Crippen LogP contribution in [0.4, 0.5) is 0 Å². The minimum Gasteiger partial charge on any atom is -0.493 e. The number of amides is 1. The number of benzene rings is 1. The highest BCUT2D eigenvalue weighted by Crippen LogP contribution is 2.32. The van der Waals surface area contributed by atoms with Gasteiger partial charge in [-0.05, 0) is 30.2 Å². The first-order chi connectivity index (χ1) is 12.5. The first-order valence-corrected chi connectivity index (χ1v) is 8.38. The zero-order valence-electron chi connectivity index (χ0n) is 15.3. The molecule has 7 nitrogen and oxygen atoms in total. The molecule has 26 heavy (non-hydrogen) atoms. The van der Waals surface area contributed by atoms with E-state index in [1.165, 1.54) is 0 Å². The molecular formula is C19H22N4O3. The van der Waals surface area contributed by atoms with Crippen molar-refractivity contribution < 1.29 is 14.3 Å². The zero-order chi connectivity index (χ0) is 18.7. The van der Waals surface area contributed by atoms with Crippen molar-refractivity contribution in [1.82, 2.24) is 19.9 Å². The van der Waals surface area contributed by atoms with Gasteiger partial charge in [0.25, 0.3) is 5.91 Å². The Bertz CT molecular complexity index is 934. The summed E-state index contributed by atoms with van der Waals surface area (Å²) < 4.78 is 12.3. The van der Waals surface area contributed by atoms with Crippen LogP contribution in [0.25, 0.3) is 16.9 Å². The Hall–Kier alpha value is -3.09. The summed E-state index contributed by atoms with van der Waals surface area (Å²) >= 11 is 0. The van der Waals surface area contributed by atoms with Gasteiger partial charge in [-0.25, -0.2) is 9.50 Å². The fourth-order valence-corrected chi connectivity index (χ4v) is 2.66. The number of carbonyl (C=O) groups is 1. The average molecular weight is 354 g/mol. The number of ether oxygens (including phenoxy) is 2. The molecule has 0 aliphatic carbocycles. The fourth-order valence-electron chi connectivity index (χ4n) is 2.66. The van der Waals surface area contributed by atoms with E-state index in [0.29, 0.717) is 35.2 Å². The minimum absolute atomic E-state index is 0.175. The van der Waals surface area contributed by atoms with Crippen LogP contribution in [0, 0.1) is 5.92 Å². The molecule has 2 heterocycles. The molecule has 0 unspecified atom stereocenters. The van der Waals surface area contributed by atoms with Crippen LogP contribution in [-0.2, 0) is 0 Å². The van der Waals surface area contributed by atoms with E-state index in [0.717, 1.165) is 11.3 Å². The number of aromatic nitrogens is 3. The normalized spacial score (nSPS) is 11.0. The molecule has 7 heteroatoms. The van der Waals surface area contributed by atoms with Crippen LogP contribution < -0.4 is 14.8 Å². The summed E-state index contributed by atoms with van der Waals surface area (Å²) in [5.74, 6) is 1.47. The van der Waals surface area contributed by atoms with Crippen molar-refractivity contribution in [1.29, 1.82) is 0 Å². The molecule has 0 atom stereocenters. The van der Waals surface area contributed by atoms with Gasteiger partial charge in [0, 0.05) is 18.3 Å². The monoisotopic (exact) mass is 354 g/mol. The SMILES string of the molecule is COc1ccc(-c2ccnc3c(C(=O)NCC(C)C)cnn23)cc1OC. The van der Waals surface area contributed by atoms with Crippen LogP contribution >= 0.6 is 0 Å². The van der Waals surface area contributed by atoms with E-state index in [1.54, 1.807) is 31.1 Å². The highest BCUT2D eigenvalue weighted by atomic mass is 16.5. The van der Waals surface area contributed by atoms with Crippen LogP contribution in [0.5, 0.6) is 11.5 Å². The molecule has 0 fully saturated rings. The van der Waals surface area contributed by atoms with E-state index >= 15 is 0 Å². The van der Waals surface area contributed by atoms with Gasteiger partial charge in [-0.2, -0.15) is 5.10 Å². The number of hydrogen-bond acceptors (Lipinski definition) is 5. The van der Waals surface area contributed by atoms with E-state index < -0.39 is 0 Å². The summed E-state index contributed by atoms with van der Waals surface area (Å²) in [6.45, 7) is 4.69. The van der Waals surface area contributed by atoms with Gasteiger partial charge in [-0.15, -0.1) is 0 Å². The Morgan fingerprint density at radius 1 is 1.19 bits per heavy atom. The van der Waals surface area contributed by atoms with Crippen LogP contribution in [0.15, 0.2) is 36.7 Å². The quantitative estimate of drug-likeness (QED) is 0.736. The molecule has 3 aromatic rings. The highest BCUT2D eigenvalue weighted by Gasteiger charge is 2.17. The molecule has 1 aromatic carbocycles. The number of nitrogens with one attached hydrogen (secondary N) is 1. The fraction of sp³-hybridized carbons (Fsp3) is 0.316. The van der Waals surface area contributed by atoms with Crippen molar-refractivity contribution in [2.24, 2.45) is 5.92 Å². The van der Waals surface area contributed by atoms with Crippen molar-refractivity contribution in [2.45, 2.75) is 13.8 Å². The van der Waals surface area contributed by atoms with Crippen LogP contribution in [-0.4, -0.2) is 41.3 Å². The molecule has 2 aromatic heterocycles.